The zero-order chi connectivity index (χ0) is 14.1. The molecular formula is C17H22FNS. The van der Waals surface area contributed by atoms with E-state index < -0.39 is 0 Å². The van der Waals surface area contributed by atoms with Crippen molar-refractivity contribution in [2.45, 2.75) is 45.1 Å². The van der Waals surface area contributed by atoms with Crippen molar-refractivity contribution in [3.63, 3.8) is 0 Å². The Bertz CT molecular complexity index is 592. The Hall–Kier alpha value is -0.930. The molecule has 3 heteroatoms. The standard InChI is InChI=1S/C17H22FNS/c1-2-11-5-3-4-6-14(11)17(19)16-10-12-9-13(18)7-8-15(12)20-16/h7-11,14,17H,2-6,19H2,1H3. The quantitative estimate of drug-likeness (QED) is 0.820. The highest BCUT2D eigenvalue weighted by Crippen LogP contribution is 2.41. The second-order valence-electron chi connectivity index (χ2n) is 5.97. The van der Waals surface area contributed by atoms with Crippen LogP contribution in [0, 0.1) is 17.7 Å². The molecule has 1 aliphatic carbocycles. The van der Waals surface area contributed by atoms with Crippen molar-refractivity contribution in [1.82, 2.24) is 0 Å². The lowest BCUT2D eigenvalue weighted by Crippen LogP contribution is -2.29. The van der Waals surface area contributed by atoms with E-state index in [9.17, 15) is 4.39 Å². The van der Waals surface area contributed by atoms with Gasteiger partial charge in [0.15, 0.2) is 0 Å². The third-order valence-corrected chi connectivity index (χ3v) is 6.00. The summed E-state index contributed by atoms with van der Waals surface area (Å²) in [4.78, 5) is 1.22. The van der Waals surface area contributed by atoms with Crippen molar-refractivity contribution in [2.75, 3.05) is 0 Å². The maximum atomic E-state index is 13.3. The van der Waals surface area contributed by atoms with Crippen molar-refractivity contribution in [3.8, 4) is 0 Å². The molecule has 0 bridgehead atoms. The monoisotopic (exact) mass is 291 g/mol. The van der Waals surface area contributed by atoms with E-state index in [4.69, 9.17) is 5.73 Å². The maximum absolute atomic E-state index is 13.3. The van der Waals surface area contributed by atoms with Crippen LogP contribution < -0.4 is 5.73 Å². The average molecular weight is 291 g/mol. The minimum Gasteiger partial charge on any atom is -0.323 e. The van der Waals surface area contributed by atoms with Gasteiger partial charge in [0.25, 0.3) is 0 Å². The molecule has 108 valence electrons. The van der Waals surface area contributed by atoms with Gasteiger partial charge >= 0.3 is 0 Å². The van der Waals surface area contributed by atoms with Crippen molar-refractivity contribution in [1.29, 1.82) is 0 Å². The topological polar surface area (TPSA) is 26.0 Å². The second kappa shape index (κ2) is 5.82. The van der Waals surface area contributed by atoms with Crippen LogP contribution in [-0.4, -0.2) is 0 Å². The summed E-state index contributed by atoms with van der Waals surface area (Å²) in [5.41, 5.74) is 6.55. The van der Waals surface area contributed by atoms with E-state index >= 15 is 0 Å². The molecule has 1 aromatic carbocycles. The van der Waals surface area contributed by atoms with Crippen LogP contribution >= 0.6 is 11.3 Å². The number of thiophene rings is 1. The molecule has 1 nitrogen and oxygen atoms in total. The Balaban J connectivity index is 1.89. The third-order valence-electron chi connectivity index (χ3n) is 4.78. The van der Waals surface area contributed by atoms with Crippen LogP contribution in [0.4, 0.5) is 4.39 Å². The van der Waals surface area contributed by atoms with Gasteiger partial charge in [0.2, 0.25) is 0 Å². The van der Waals surface area contributed by atoms with Crippen molar-refractivity contribution in [3.05, 3.63) is 35.0 Å². The first kappa shape index (κ1) is 14.0. The van der Waals surface area contributed by atoms with Crippen molar-refractivity contribution >= 4 is 21.4 Å². The summed E-state index contributed by atoms with van der Waals surface area (Å²) in [5, 5.41) is 0.990. The number of fused-ring (bicyclic) bond motifs is 1. The van der Waals surface area contributed by atoms with Crippen LogP contribution in [0.2, 0.25) is 0 Å². The van der Waals surface area contributed by atoms with Gasteiger partial charge in [-0.3, -0.25) is 0 Å². The van der Waals surface area contributed by atoms with Gasteiger partial charge in [-0.15, -0.1) is 11.3 Å². The Labute approximate surface area is 124 Å². The Morgan fingerprint density at radius 3 is 2.90 bits per heavy atom. The summed E-state index contributed by atoms with van der Waals surface area (Å²) in [7, 11) is 0. The van der Waals surface area contributed by atoms with Crippen LogP contribution in [0.1, 0.15) is 49.9 Å². The van der Waals surface area contributed by atoms with Gasteiger partial charge in [-0.05, 0) is 47.9 Å². The molecular weight excluding hydrogens is 269 g/mol. The van der Waals surface area contributed by atoms with E-state index in [2.05, 4.69) is 13.0 Å². The highest BCUT2D eigenvalue weighted by Gasteiger charge is 2.30. The van der Waals surface area contributed by atoms with Gasteiger partial charge in [0, 0.05) is 15.6 Å². The molecule has 2 aromatic rings. The van der Waals surface area contributed by atoms with Crippen molar-refractivity contribution in [2.24, 2.45) is 17.6 Å². The lowest BCUT2D eigenvalue weighted by molar-refractivity contribution is 0.198. The minimum atomic E-state index is -0.167. The summed E-state index contributed by atoms with van der Waals surface area (Å²) < 4.78 is 14.4. The van der Waals surface area contributed by atoms with E-state index in [0.717, 1.165) is 16.0 Å². The van der Waals surface area contributed by atoms with Gasteiger partial charge in [0.05, 0.1) is 0 Å². The molecule has 0 saturated heterocycles. The summed E-state index contributed by atoms with van der Waals surface area (Å²) in [6.07, 6.45) is 6.42. The summed E-state index contributed by atoms with van der Waals surface area (Å²) >= 11 is 1.73. The number of nitrogens with two attached hydrogens (primary N) is 1. The van der Waals surface area contributed by atoms with Crippen LogP contribution in [0.5, 0.6) is 0 Å². The summed E-state index contributed by atoms with van der Waals surface area (Å²) in [5.74, 6) is 1.17. The Morgan fingerprint density at radius 2 is 2.10 bits per heavy atom. The Kier molecular flexibility index (Phi) is 4.08. The average Bonchev–Trinajstić information content (AvgIpc) is 2.89. The number of halogens is 1. The first-order valence-electron chi connectivity index (χ1n) is 7.63. The normalized spacial score (nSPS) is 24.9. The smallest absolute Gasteiger partial charge is 0.123 e. The molecule has 0 radical (unpaired) electrons. The molecule has 20 heavy (non-hydrogen) atoms. The molecule has 3 rings (SSSR count). The molecule has 1 aliphatic rings. The van der Waals surface area contributed by atoms with Crippen LogP contribution in [-0.2, 0) is 0 Å². The molecule has 1 aromatic heterocycles. The fraction of sp³-hybridized carbons (Fsp3) is 0.529. The highest BCUT2D eigenvalue weighted by atomic mass is 32.1. The lowest BCUT2D eigenvalue weighted by atomic mass is 9.74. The molecule has 1 fully saturated rings. The first-order valence-corrected chi connectivity index (χ1v) is 8.45. The predicted molar refractivity (Wildman–Crippen MR) is 84.5 cm³/mol. The van der Waals surface area contributed by atoms with Crippen LogP contribution in [0.3, 0.4) is 0 Å². The molecule has 2 N–H and O–H groups in total. The largest absolute Gasteiger partial charge is 0.323 e. The predicted octanol–water partition coefficient (Wildman–Crippen LogP) is 5.26. The minimum absolute atomic E-state index is 0.112. The molecule has 0 amide bonds. The fourth-order valence-corrected chi connectivity index (χ4v) is 4.75. The third kappa shape index (κ3) is 2.61. The van der Waals surface area contributed by atoms with Crippen LogP contribution in [0.15, 0.2) is 24.3 Å². The lowest BCUT2D eigenvalue weighted by Gasteiger charge is -2.34. The fourth-order valence-electron chi connectivity index (χ4n) is 3.63. The first-order chi connectivity index (χ1) is 9.69. The molecule has 1 saturated carbocycles. The van der Waals surface area contributed by atoms with Gasteiger partial charge < -0.3 is 5.73 Å². The van der Waals surface area contributed by atoms with Gasteiger partial charge in [0.1, 0.15) is 5.82 Å². The summed E-state index contributed by atoms with van der Waals surface area (Å²) in [6.45, 7) is 2.27. The molecule has 0 spiro atoms. The number of rotatable bonds is 3. The van der Waals surface area contributed by atoms with E-state index in [1.807, 2.05) is 6.07 Å². The molecule has 3 unspecified atom stereocenters. The summed E-state index contributed by atoms with van der Waals surface area (Å²) in [6, 6.07) is 7.21. The van der Waals surface area contributed by atoms with Gasteiger partial charge in [-0.2, -0.15) is 0 Å². The van der Waals surface area contributed by atoms with Crippen molar-refractivity contribution < 1.29 is 4.39 Å². The highest BCUT2D eigenvalue weighted by molar-refractivity contribution is 7.19. The zero-order valence-electron chi connectivity index (χ0n) is 11.9. The number of benzene rings is 1. The maximum Gasteiger partial charge on any atom is 0.123 e. The van der Waals surface area contributed by atoms with Gasteiger partial charge in [-0.1, -0.05) is 32.6 Å². The SMILES string of the molecule is CCC1CCCCC1C(N)c1cc2cc(F)ccc2s1. The molecule has 1 heterocycles. The van der Waals surface area contributed by atoms with Gasteiger partial charge in [-0.25, -0.2) is 4.39 Å². The second-order valence-corrected chi connectivity index (χ2v) is 7.09. The molecule has 0 aliphatic heterocycles. The van der Waals surface area contributed by atoms with E-state index in [1.54, 1.807) is 17.4 Å². The van der Waals surface area contributed by atoms with E-state index in [1.165, 1.54) is 43.0 Å². The molecule has 3 atom stereocenters. The van der Waals surface area contributed by atoms with E-state index in [-0.39, 0.29) is 11.9 Å². The van der Waals surface area contributed by atoms with E-state index in [0.29, 0.717) is 5.92 Å². The Morgan fingerprint density at radius 1 is 1.30 bits per heavy atom. The number of hydrogen-bond donors (Lipinski definition) is 1. The van der Waals surface area contributed by atoms with Crippen LogP contribution in [0.25, 0.3) is 10.1 Å². The number of hydrogen-bond acceptors (Lipinski definition) is 2. The zero-order valence-corrected chi connectivity index (χ0v) is 12.8.